The normalized spacial score (nSPS) is 18.5. The van der Waals surface area contributed by atoms with E-state index in [0.29, 0.717) is 58.5 Å². The van der Waals surface area contributed by atoms with Gasteiger partial charge in [0.15, 0.2) is 5.82 Å². The van der Waals surface area contributed by atoms with Crippen molar-refractivity contribution < 1.29 is 18.0 Å². The number of likely N-dealkylation sites (N-methyl/N-ethyl adjacent to an activating group) is 1. The van der Waals surface area contributed by atoms with E-state index in [1.54, 1.807) is 41.2 Å². The van der Waals surface area contributed by atoms with Crippen LogP contribution in [0.15, 0.2) is 48.8 Å². The number of aromatic nitrogens is 4. The van der Waals surface area contributed by atoms with Crippen LogP contribution in [0.3, 0.4) is 0 Å². The summed E-state index contributed by atoms with van der Waals surface area (Å²) in [4.78, 5) is 24.6. The second-order valence-electron chi connectivity index (χ2n) is 13.5. The molecule has 1 aliphatic carbocycles. The van der Waals surface area contributed by atoms with Crippen LogP contribution in [0.2, 0.25) is 0 Å². The van der Waals surface area contributed by atoms with Crippen molar-refractivity contribution >= 4 is 17.5 Å². The number of hydrogen-bond acceptors (Lipinski definition) is 8. The van der Waals surface area contributed by atoms with Crippen LogP contribution >= 0.6 is 0 Å². The summed E-state index contributed by atoms with van der Waals surface area (Å²) in [5.74, 6) is 1.43. The van der Waals surface area contributed by atoms with E-state index in [9.17, 15) is 23.2 Å². The van der Waals surface area contributed by atoms with Crippen molar-refractivity contribution in [3.8, 4) is 28.6 Å². The van der Waals surface area contributed by atoms with Gasteiger partial charge >= 0.3 is 6.18 Å². The average molecular weight is 670 g/mol. The molecular formula is C36H38F3N9O. The molecule has 7 rings (SSSR count). The first-order chi connectivity index (χ1) is 23.5. The van der Waals surface area contributed by atoms with Crippen LogP contribution < -0.4 is 10.2 Å². The van der Waals surface area contributed by atoms with Crippen molar-refractivity contribution in [2.24, 2.45) is 13.0 Å². The topological polar surface area (TPSA) is 106 Å². The van der Waals surface area contributed by atoms with Crippen molar-refractivity contribution in [1.29, 1.82) is 5.26 Å². The van der Waals surface area contributed by atoms with Gasteiger partial charge in [-0.3, -0.25) is 14.6 Å². The Labute approximate surface area is 283 Å². The molecule has 2 fully saturated rings. The molecule has 10 nitrogen and oxygen atoms in total. The lowest BCUT2D eigenvalue weighted by Gasteiger charge is -2.38. The molecule has 4 aromatic rings. The van der Waals surface area contributed by atoms with E-state index in [2.05, 4.69) is 38.3 Å². The third-order valence-corrected chi connectivity index (χ3v) is 9.82. The highest BCUT2D eigenvalue weighted by Gasteiger charge is 2.41. The lowest BCUT2D eigenvalue weighted by Crippen LogP contribution is -2.49. The molecule has 254 valence electrons. The Morgan fingerprint density at radius 3 is 2.55 bits per heavy atom. The number of benzene rings is 2. The van der Waals surface area contributed by atoms with Crippen LogP contribution in [-0.4, -0.2) is 74.7 Å². The number of rotatable bonds is 9. The van der Waals surface area contributed by atoms with Gasteiger partial charge < -0.3 is 14.8 Å². The number of nitrogens with one attached hydrogen (secondary N) is 1. The highest BCUT2D eigenvalue weighted by atomic mass is 19.4. The van der Waals surface area contributed by atoms with Crippen LogP contribution in [-0.2, 0) is 26.3 Å². The van der Waals surface area contributed by atoms with Crippen LogP contribution in [0.4, 0.5) is 24.8 Å². The lowest BCUT2D eigenvalue weighted by atomic mass is 9.97. The fourth-order valence-corrected chi connectivity index (χ4v) is 6.93. The van der Waals surface area contributed by atoms with Crippen LogP contribution in [0.1, 0.15) is 58.8 Å². The Morgan fingerprint density at radius 1 is 1.04 bits per heavy atom. The standard InChI is InChI=1S/C36H38F3N9O/c1-22-18-45(2)10-11-47(22)19-25-13-29-30(31(14-25)36(37,38)39)20-48(35(29)49)33-16-26(15-32(43-33)41-9-8-23-4-5-23)28-12-24(17-40)6-7-27(28)34-44-42-21-46(34)3/h6-7,12-16,21-23H,4-5,8-11,18-20H2,1-3H3,(H,41,43)/t22-/m0/s1. The minimum absolute atomic E-state index is 0.0469. The number of amides is 1. The first-order valence-electron chi connectivity index (χ1n) is 16.6. The van der Waals surface area contributed by atoms with Crippen LogP contribution in [0.5, 0.6) is 0 Å². The fraction of sp³-hybridized carbons (Fsp3) is 0.417. The van der Waals surface area contributed by atoms with Crippen LogP contribution in [0.25, 0.3) is 22.5 Å². The molecular weight excluding hydrogens is 631 g/mol. The summed E-state index contributed by atoms with van der Waals surface area (Å²) in [6, 6.07) is 14.0. The van der Waals surface area contributed by atoms with Crippen molar-refractivity contribution in [3.05, 3.63) is 76.6 Å². The van der Waals surface area contributed by atoms with Gasteiger partial charge in [0.25, 0.3) is 5.91 Å². The number of anilines is 2. The molecule has 2 aliphatic heterocycles. The number of nitriles is 1. The predicted octanol–water partition coefficient (Wildman–Crippen LogP) is 5.94. The zero-order valence-corrected chi connectivity index (χ0v) is 27.8. The number of piperazine rings is 1. The molecule has 1 atom stereocenters. The molecule has 2 aromatic heterocycles. The van der Waals surface area contributed by atoms with Gasteiger partial charge in [0.2, 0.25) is 0 Å². The molecule has 3 aliphatic rings. The second-order valence-corrected chi connectivity index (χ2v) is 13.5. The number of carbonyl (C=O) groups excluding carboxylic acids is 1. The number of alkyl halides is 3. The first-order valence-corrected chi connectivity index (χ1v) is 16.6. The summed E-state index contributed by atoms with van der Waals surface area (Å²) < 4.78 is 45.6. The van der Waals surface area contributed by atoms with Gasteiger partial charge in [-0.2, -0.15) is 18.4 Å². The van der Waals surface area contributed by atoms with Crippen molar-refractivity contribution in [1.82, 2.24) is 29.5 Å². The van der Waals surface area contributed by atoms with Gasteiger partial charge in [-0.1, -0.05) is 12.8 Å². The number of carbonyl (C=O) groups is 1. The molecule has 1 saturated heterocycles. The minimum atomic E-state index is -4.64. The van der Waals surface area contributed by atoms with Crippen molar-refractivity contribution in [3.63, 3.8) is 0 Å². The molecule has 1 amide bonds. The molecule has 0 bridgehead atoms. The number of aryl methyl sites for hydroxylation is 1. The zero-order chi connectivity index (χ0) is 34.4. The molecule has 13 heteroatoms. The quantitative estimate of drug-likeness (QED) is 0.234. The molecule has 1 saturated carbocycles. The average Bonchev–Trinajstić information content (AvgIpc) is 3.70. The molecule has 0 unspecified atom stereocenters. The zero-order valence-electron chi connectivity index (χ0n) is 27.8. The largest absolute Gasteiger partial charge is 0.416 e. The Hall–Kier alpha value is -4.80. The molecule has 2 aromatic carbocycles. The van der Waals surface area contributed by atoms with E-state index in [-0.39, 0.29) is 29.5 Å². The Morgan fingerprint density at radius 2 is 1.86 bits per heavy atom. The van der Waals surface area contributed by atoms with Crippen LogP contribution in [0, 0.1) is 17.2 Å². The maximum atomic E-state index is 14.6. The Bertz CT molecular complexity index is 1940. The van der Waals surface area contributed by atoms with E-state index < -0.39 is 17.6 Å². The SMILES string of the molecule is C[C@H]1CN(C)CCN1Cc1cc2c(c(C(F)(F)F)c1)CN(c1cc(-c3cc(C#N)ccc3-c3nncn3C)cc(NCCC3CC3)n1)C2=O. The molecule has 4 heterocycles. The maximum Gasteiger partial charge on any atom is 0.416 e. The summed E-state index contributed by atoms with van der Waals surface area (Å²) >= 11 is 0. The molecule has 0 spiro atoms. The molecule has 49 heavy (non-hydrogen) atoms. The Balaban J connectivity index is 1.29. The summed E-state index contributed by atoms with van der Waals surface area (Å²) in [6.07, 6.45) is 0.294. The summed E-state index contributed by atoms with van der Waals surface area (Å²) in [7, 11) is 3.85. The monoisotopic (exact) mass is 669 g/mol. The van der Waals surface area contributed by atoms with Gasteiger partial charge in [-0.05, 0) is 91.0 Å². The van der Waals surface area contributed by atoms with E-state index in [1.807, 2.05) is 20.2 Å². The smallest absolute Gasteiger partial charge is 0.370 e. The first kappa shape index (κ1) is 32.7. The number of fused-ring (bicyclic) bond motifs is 1. The summed E-state index contributed by atoms with van der Waals surface area (Å²) in [6.45, 7) is 5.16. The molecule has 0 radical (unpaired) electrons. The van der Waals surface area contributed by atoms with Gasteiger partial charge in [0.1, 0.15) is 18.0 Å². The minimum Gasteiger partial charge on any atom is -0.370 e. The maximum absolute atomic E-state index is 14.6. The second kappa shape index (κ2) is 12.9. The third kappa shape index (κ3) is 6.75. The number of pyridine rings is 1. The third-order valence-electron chi connectivity index (χ3n) is 9.82. The van der Waals surface area contributed by atoms with E-state index >= 15 is 0 Å². The Kier molecular flexibility index (Phi) is 8.62. The highest BCUT2D eigenvalue weighted by Crippen LogP contribution is 2.41. The number of nitrogens with zero attached hydrogens (tertiary/aromatic N) is 8. The lowest BCUT2D eigenvalue weighted by molar-refractivity contribution is -0.138. The van der Waals surface area contributed by atoms with Gasteiger partial charge in [-0.15, -0.1) is 10.2 Å². The van der Waals surface area contributed by atoms with Crippen molar-refractivity contribution in [2.45, 2.75) is 51.5 Å². The summed E-state index contributed by atoms with van der Waals surface area (Å²) in [5.41, 5.74) is 2.10. The van der Waals surface area contributed by atoms with Gasteiger partial charge in [-0.25, -0.2) is 4.98 Å². The highest BCUT2D eigenvalue weighted by molar-refractivity contribution is 6.10. The predicted molar refractivity (Wildman–Crippen MR) is 180 cm³/mol. The van der Waals surface area contributed by atoms with E-state index in [0.717, 1.165) is 26.1 Å². The number of halogens is 3. The number of hydrogen-bond donors (Lipinski definition) is 1. The van der Waals surface area contributed by atoms with Gasteiger partial charge in [0.05, 0.1) is 23.7 Å². The van der Waals surface area contributed by atoms with E-state index in [1.165, 1.54) is 23.8 Å². The van der Waals surface area contributed by atoms with E-state index in [4.69, 9.17) is 4.98 Å². The van der Waals surface area contributed by atoms with Gasteiger partial charge in [0, 0.05) is 56.9 Å². The summed E-state index contributed by atoms with van der Waals surface area (Å²) in [5, 5.41) is 21.4. The van der Waals surface area contributed by atoms with Crippen molar-refractivity contribution in [2.75, 3.05) is 43.4 Å². The molecule has 1 N–H and O–H groups in total. The fourth-order valence-electron chi connectivity index (χ4n) is 6.93.